The van der Waals surface area contributed by atoms with Crippen molar-refractivity contribution in [1.29, 1.82) is 0 Å². The lowest BCUT2D eigenvalue weighted by Crippen LogP contribution is -2.43. The monoisotopic (exact) mass is 316 g/mol. The van der Waals surface area contributed by atoms with E-state index in [1.54, 1.807) is 17.3 Å². The number of aliphatic hydroxyl groups is 1. The fraction of sp³-hybridized carbons (Fsp3) is 0.438. The third-order valence-electron chi connectivity index (χ3n) is 4.20. The Hall–Kier alpha value is -2.25. The van der Waals surface area contributed by atoms with E-state index in [-0.39, 0.29) is 17.7 Å². The number of likely N-dealkylation sites (tertiary alicyclic amines) is 1. The Balaban J connectivity index is 1.68. The number of hydrogen-bond donors (Lipinski definition) is 1. The maximum Gasteiger partial charge on any atom is 0.291 e. The van der Waals surface area contributed by atoms with E-state index in [1.807, 2.05) is 12.1 Å². The number of aliphatic hydroxyl groups excluding tert-OH is 1. The van der Waals surface area contributed by atoms with Gasteiger partial charge in [-0.2, -0.15) is 0 Å². The van der Waals surface area contributed by atoms with Crippen molar-refractivity contribution in [3.05, 3.63) is 48.4 Å². The molecule has 1 aliphatic rings. The lowest BCUT2D eigenvalue weighted by Gasteiger charge is -2.29. The Kier molecular flexibility index (Phi) is 4.68. The van der Waals surface area contributed by atoms with E-state index in [4.69, 9.17) is 4.42 Å². The highest BCUT2D eigenvalue weighted by molar-refractivity contribution is 5.91. The molecule has 122 valence electrons. The molecule has 2 aromatic heterocycles. The van der Waals surface area contributed by atoms with Crippen molar-refractivity contribution in [2.24, 2.45) is 0 Å². The zero-order valence-corrected chi connectivity index (χ0v) is 13.0. The Morgan fingerprint density at radius 2 is 2.17 bits per heavy atom. The molecule has 3 heterocycles. The van der Waals surface area contributed by atoms with Crippen molar-refractivity contribution in [3.8, 4) is 0 Å². The molecule has 23 heavy (non-hydrogen) atoms. The molecule has 2 aromatic rings. The number of β-amino-alcohol motifs (C(OH)–C–C–N with tert-alkyl or cyclic N) is 1. The summed E-state index contributed by atoms with van der Waals surface area (Å²) in [4.78, 5) is 23.9. The molecule has 7 nitrogen and oxygen atoms in total. The SMILES string of the molecule is CCN(Cc1ccncc1)[C@@H]1CN(C(=O)c2cnco2)C[C@H]1O. The van der Waals surface area contributed by atoms with Crippen LogP contribution in [0.2, 0.25) is 0 Å². The maximum absolute atomic E-state index is 12.3. The van der Waals surface area contributed by atoms with Gasteiger partial charge in [-0.25, -0.2) is 4.98 Å². The molecule has 0 radical (unpaired) electrons. The van der Waals surface area contributed by atoms with Gasteiger partial charge in [0.25, 0.3) is 5.91 Å². The minimum absolute atomic E-state index is 0.0972. The minimum Gasteiger partial charge on any atom is -0.438 e. The molecule has 7 heteroatoms. The number of oxazole rings is 1. The van der Waals surface area contributed by atoms with Crippen LogP contribution in [0.1, 0.15) is 23.0 Å². The van der Waals surface area contributed by atoms with Crippen LogP contribution in [0.4, 0.5) is 0 Å². The summed E-state index contributed by atoms with van der Waals surface area (Å²) in [5, 5.41) is 10.4. The standard InChI is InChI=1S/C16H20N4O3/c1-2-19(8-12-3-5-17-6-4-12)13-9-20(10-14(13)21)16(22)15-7-18-11-23-15/h3-7,11,13-14,21H,2,8-10H2,1H3/t13-,14-/m1/s1. The van der Waals surface area contributed by atoms with Crippen molar-refractivity contribution < 1.29 is 14.3 Å². The maximum atomic E-state index is 12.3. The van der Waals surface area contributed by atoms with Crippen LogP contribution in [-0.2, 0) is 6.54 Å². The van der Waals surface area contributed by atoms with Gasteiger partial charge in [0.05, 0.1) is 18.3 Å². The van der Waals surface area contributed by atoms with Gasteiger partial charge in [-0.15, -0.1) is 0 Å². The first-order valence-electron chi connectivity index (χ1n) is 7.67. The van der Waals surface area contributed by atoms with E-state index in [2.05, 4.69) is 21.8 Å². The van der Waals surface area contributed by atoms with Crippen molar-refractivity contribution in [2.75, 3.05) is 19.6 Å². The van der Waals surface area contributed by atoms with Crippen LogP contribution in [-0.4, -0.2) is 62.6 Å². The van der Waals surface area contributed by atoms with Gasteiger partial charge in [0.2, 0.25) is 5.76 Å². The Morgan fingerprint density at radius 3 is 2.83 bits per heavy atom. The van der Waals surface area contributed by atoms with Gasteiger partial charge in [-0.3, -0.25) is 14.7 Å². The molecule has 1 fully saturated rings. The summed E-state index contributed by atoms with van der Waals surface area (Å²) in [5.74, 6) is -0.0287. The molecule has 0 aromatic carbocycles. The quantitative estimate of drug-likeness (QED) is 0.877. The lowest BCUT2D eigenvalue weighted by molar-refractivity contribution is 0.0730. The predicted octanol–water partition coefficient (Wildman–Crippen LogP) is 0.777. The zero-order chi connectivity index (χ0) is 16.2. The summed E-state index contributed by atoms with van der Waals surface area (Å²) < 4.78 is 5.06. The molecule has 0 saturated carbocycles. The summed E-state index contributed by atoms with van der Waals surface area (Å²) >= 11 is 0. The predicted molar refractivity (Wildman–Crippen MR) is 82.5 cm³/mol. The van der Waals surface area contributed by atoms with Crippen molar-refractivity contribution >= 4 is 5.91 Å². The van der Waals surface area contributed by atoms with Crippen LogP contribution in [0.15, 0.2) is 41.5 Å². The van der Waals surface area contributed by atoms with Gasteiger partial charge < -0.3 is 14.4 Å². The molecule has 0 spiro atoms. The van der Waals surface area contributed by atoms with E-state index < -0.39 is 6.10 Å². The van der Waals surface area contributed by atoms with E-state index in [9.17, 15) is 9.90 Å². The number of carbonyl (C=O) groups excluding carboxylic acids is 1. The molecule has 3 rings (SSSR count). The smallest absolute Gasteiger partial charge is 0.291 e. The molecule has 0 bridgehead atoms. The molecule has 1 N–H and O–H groups in total. The van der Waals surface area contributed by atoms with Crippen LogP contribution in [0, 0.1) is 0 Å². The Labute approximate surface area is 134 Å². The van der Waals surface area contributed by atoms with Gasteiger partial charge in [-0.05, 0) is 24.2 Å². The Bertz CT molecular complexity index is 632. The number of likely N-dealkylation sites (N-methyl/N-ethyl adjacent to an activating group) is 1. The molecule has 1 aliphatic heterocycles. The summed E-state index contributed by atoms with van der Waals surface area (Å²) in [6, 6.07) is 3.82. The number of aromatic nitrogens is 2. The number of pyridine rings is 1. The number of amides is 1. The van der Waals surface area contributed by atoms with Crippen LogP contribution < -0.4 is 0 Å². The third kappa shape index (κ3) is 3.40. The first-order chi connectivity index (χ1) is 11.2. The van der Waals surface area contributed by atoms with Crippen molar-refractivity contribution in [1.82, 2.24) is 19.8 Å². The normalized spacial score (nSPS) is 21.1. The first kappa shape index (κ1) is 15.6. The van der Waals surface area contributed by atoms with E-state index in [0.717, 1.165) is 12.1 Å². The topological polar surface area (TPSA) is 82.7 Å². The second-order valence-corrected chi connectivity index (χ2v) is 5.63. The average Bonchev–Trinajstić information content (AvgIpc) is 3.23. The van der Waals surface area contributed by atoms with E-state index in [1.165, 1.54) is 12.6 Å². The van der Waals surface area contributed by atoms with Crippen molar-refractivity contribution in [2.45, 2.75) is 25.6 Å². The van der Waals surface area contributed by atoms with Crippen LogP contribution in [0.3, 0.4) is 0 Å². The second-order valence-electron chi connectivity index (χ2n) is 5.63. The molecule has 1 amide bonds. The highest BCUT2D eigenvalue weighted by atomic mass is 16.3. The second kappa shape index (κ2) is 6.89. The molecule has 0 unspecified atom stereocenters. The number of nitrogens with zero attached hydrogens (tertiary/aromatic N) is 4. The van der Waals surface area contributed by atoms with E-state index >= 15 is 0 Å². The molecule has 1 saturated heterocycles. The van der Waals surface area contributed by atoms with Gasteiger partial charge in [0.1, 0.15) is 0 Å². The van der Waals surface area contributed by atoms with E-state index in [0.29, 0.717) is 19.6 Å². The fourth-order valence-electron chi connectivity index (χ4n) is 2.96. The molecule has 2 atom stereocenters. The van der Waals surface area contributed by atoms with Crippen LogP contribution >= 0.6 is 0 Å². The molecular weight excluding hydrogens is 296 g/mol. The number of rotatable bonds is 5. The summed E-state index contributed by atoms with van der Waals surface area (Å²) in [6.45, 7) is 4.32. The van der Waals surface area contributed by atoms with Crippen LogP contribution in [0.5, 0.6) is 0 Å². The summed E-state index contributed by atoms with van der Waals surface area (Å²) in [5.41, 5.74) is 1.13. The Morgan fingerprint density at radius 1 is 1.39 bits per heavy atom. The van der Waals surface area contributed by atoms with Crippen molar-refractivity contribution in [3.63, 3.8) is 0 Å². The minimum atomic E-state index is -0.580. The highest BCUT2D eigenvalue weighted by Gasteiger charge is 2.38. The molecular formula is C16H20N4O3. The lowest BCUT2D eigenvalue weighted by atomic mass is 10.1. The first-order valence-corrected chi connectivity index (χ1v) is 7.67. The highest BCUT2D eigenvalue weighted by Crippen LogP contribution is 2.20. The molecule has 0 aliphatic carbocycles. The average molecular weight is 316 g/mol. The van der Waals surface area contributed by atoms with Gasteiger partial charge in [0, 0.05) is 32.0 Å². The van der Waals surface area contributed by atoms with Gasteiger partial charge in [-0.1, -0.05) is 6.92 Å². The largest absolute Gasteiger partial charge is 0.438 e. The van der Waals surface area contributed by atoms with Crippen LogP contribution in [0.25, 0.3) is 0 Å². The number of hydrogen-bond acceptors (Lipinski definition) is 6. The number of carbonyl (C=O) groups is 1. The van der Waals surface area contributed by atoms with Gasteiger partial charge in [0.15, 0.2) is 6.39 Å². The zero-order valence-electron chi connectivity index (χ0n) is 13.0. The third-order valence-corrected chi connectivity index (χ3v) is 4.20. The van der Waals surface area contributed by atoms with Gasteiger partial charge >= 0.3 is 0 Å². The summed E-state index contributed by atoms with van der Waals surface area (Å²) in [7, 11) is 0. The summed E-state index contributed by atoms with van der Waals surface area (Å²) in [6.07, 6.45) is 5.57. The fourth-order valence-corrected chi connectivity index (χ4v) is 2.96.